The molecule has 2 bridgehead atoms. The number of carbonyl (C=O) groups excluding carboxylic acids is 7. The molecule has 2 saturated carbocycles. The zero-order valence-corrected chi connectivity index (χ0v) is 41.1. The standard InChI is InChI=1S/C50H52Cl3NO16/c1-26-32(67-44(61)37(57)36(29-16-10-7-11-17-29)54-42(59)30-18-12-8-13-19-30)23-49(63)41(69-43(60)31-20-14-9-15-21-31)39-47(6,40(58)38(66-27(2)55)35(26)46(49,4)5)33(68-45(62)65-25-50(51,52)53)22-34-48(39,24-64-34)70-28(3)56/h7-21,32-34,36-39,41,57,63H,22-25H2,1-6H3,(H,54,59)/t32-,33-,34+,36-,37+,38+,39?,41?,47+,48-,49+/m0/s1. The number of hydrogen-bond donors (Lipinski definition) is 3. The number of fused-ring (bicyclic) bond motifs is 5. The van der Waals surface area contributed by atoms with Crippen LogP contribution in [-0.4, -0.2) is 117 Å². The van der Waals surface area contributed by atoms with Crippen LogP contribution in [0, 0.1) is 16.7 Å². The lowest BCUT2D eigenvalue weighted by Gasteiger charge is -2.67. The molecular formula is C50H52Cl3NO16. The number of benzene rings is 3. The Labute approximate surface area is 417 Å². The van der Waals surface area contributed by atoms with Gasteiger partial charge in [0, 0.05) is 37.7 Å². The van der Waals surface area contributed by atoms with E-state index in [4.69, 9.17) is 68.0 Å². The molecule has 1 heterocycles. The highest BCUT2D eigenvalue weighted by atomic mass is 35.6. The average molecular weight is 1030 g/mol. The van der Waals surface area contributed by atoms with E-state index in [1.54, 1.807) is 78.9 Å². The fraction of sp³-hybridized carbons (Fsp3) is 0.460. The van der Waals surface area contributed by atoms with Crippen molar-refractivity contribution in [3.8, 4) is 0 Å². The van der Waals surface area contributed by atoms with Crippen LogP contribution < -0.4 is 5.32 Å². The quantitative estimate of drug-likeness (QED) is 0.0785. The molecule has 11 atom stereocenters. The zero-order valence-electron chi connectivity index (χ0n) is 38.9. The molecule has 2 unspecified atom stereocenters. The molecule has 3 aliphatic carbocycles. The normalized spacial score (nSPS) is 29.7. The van der Waals surface area contributed by atoms with E-state index in [-0.39, 0.29) is 28.7 Å². The van der Waals surface area contributed by atoms with Gasteiger partial charge in [-0.15, -0.1) is 0 Å². The predicted octanol–water partition coefficient (Wildman–Crippen LogP) is 6.27. The van der Waals surface area contributed by atoms with Gasteiger partial charge in [-0.2, -0.15) is 0 Å². The van der Waals surface area contributed by atoms with Gasteiger partial charge in [0.2, 0.25) is 3.79 Å². The van der Waals surface area contributed by atoms with Gasteiger partial charge >= 0.3 is 30.0 Å². The first-order valence-electron chi connectivity index (χ1n) is 22.3. The van der Waals surface area contributed by atoms with Crippen molar-refractivity contribution in [2.24, 2.45) is 16.7 Å². The predicted molar refractivity (Wildman–Crippen MR) is 248 cm³/mol. The highest BCUT2D eigenvalue weighted by molar-refractivity contribution is 6.67. The Balaban J connectivity index is 1.42. The number of carbonyl (C=O) groups is 7. The van der Waals surface area contributed by atoms with Gasteiger partial charge in [0.05, 0.1) is 29.5 Å². The van der Waals surface area contributed by atoms with Crippen molar-refractivity contribution in [2.45, 2.75) is 112 Å². The summed E-state index contributed by atoms with van der Waals surface area (Å²) in [4.78, 5) is 98.6. The fourth-order valence-corrected chi connectivity index (χ4v) is 10.8. The summed E-state index contributed by atoms with van der Waals surface area (Å²) in [5.41, 5.74) is -7.97. The second kappa shape index (κ2) is 19.9. The maximum atomic E-state index is 16.0. The zero-order chi connectivity index (χ0) is 51.1. The number of halogens is 3. The van der Waals surface area contributed by atoms with Crippen LogP contribution in [-0.2, 0) is 52.3 Å². The van der Waals surface area contributed by atoms with Gasteiger partial charge in [0.15, 0.2) is 23.6 Å². The van der Waals surface area contributed by atoms with E-state index in [1.165, 1.54) is 39.8 Å². The van der Waals surface area contributed by atoms with Crippen LogP contribution in [0.4, 0.5) is 4.79 Å². The van der Waals surface area contributed by atoms with Crippen molar-refractivity contribution in [3.05, 3.63) is 119 Å². The lowest BCUT2D eigenvalue weighted by molar-refractivity contribution is -0.346. The smallest absolute Gasteiger partial charge is 0.456 e. The molecule has 1 amide bonds. The largest absolute Gasteiger partial charge is 0.508 e. The molecule has 374 valence electrons. The Bertz CT molecular complexity index is 2560. The van der Waals surface area contributed by atoms with Crippen molar-refractivity contribution in [3.63, 3.8) is 0 Å². The topological polar surface area (TPSA) is 237 Å². The van der Waals surface area contributed by atoms with Crippen LogP contribution in [0.25, 0.3) is 0 Å². The van der Waals surface area contributed by atoms with E-state index < -0.39 is 136 Å². The Kier molecular flexibility index (Phi) is 14.9. The van der Waals surface area contributed by atoms with Gasteiger partial charge in [0.25, 0.3) is 5.91 Å². The molecule has 3 aromatic rings. The third-order valence-corrected chi connectivity index (χ3v) is 14.4. The van der Waals surface area contributed by atoms with Gasteiger partial charge in [-0.1, -0.05) is 115 Å². The molecule has 3 N–H and O–H groups in total. The molecule has 1 aliphatic heterocycles. The maximum absolute atomic E-state index is 16.0. The average Bonchev–Trinajstić information content (AvgIpc) is 3.30. The van der Waals surface area contributed by atoms with Crippen LogP contribution >= 0.6 is 34.8 Å². The number of aliphatic hydroxyl groups is 2. The Hall–Kier alpha value is -5.56. The van der Waals surface area contributed by atoms with E-state index in [0.717, 1.165) is 13.8 Å². The number of Topliss-reactive ketones (excluding diaryl/α,β-unsaturated/α-hetero) is 1. The highest BCUT2D eigenvalue weighted by Crippen LogP contribution is 2.65. The lowest BCUT2D eigenvalue weighted by Crippen LogP contribution is -2.82. The van der Waals surface area contributed by atoms with E-state index in [1.807, 2.05) is 0 Å². The maximum Gasteiger partial charge on any atom is 0.508 e. The van der Waals surface area contributed by atoms with Crippen molar-refractivity contribution in [1.82, 2.24) is 5.32 Å². The van der Waals surface area contributed by atoms with E-state index in [2.05, 4.69) is 5.32 Å². The molecule has 0 radical (unpaired) electrons. The number of aliphatic hydroxyl groups excluding tert-OH is 1. The number of alkyl halides is 3. The van der Waals surface area contributed by atoms with E-state index >= 15 is 4.79 Å². The molecule has 20 heteroatoms. The highest BCUT2D eigenvalue weighted by Gasteiger charge is 2.79. The summed E-state index contributed by atoms with van der Waals surface area (Å²) >= 11 is 17.6. The first-order valence-corrected chi connectivity index (χ1v) is 23.4. The molecule has 0 aromatic heterocycles. The SMILES string of the molecule is CC(=O)O[C@H]1C(=O)[C@@]2(C)C(C(OC(=O)c3ccccc3)[C@]3(O)C[C@H](OC(=O)[C@H](O)[C@@H](NC(=O)c4ccccc4)c4ccccc4)C(C)=C1C3(C)C)[C@]1(OC(C)=O)CO[C@@H]1C[C@@H]2OC(=O)OCC(Cl)(Cl)Cl. The first-order chi connectivity index (χ1) is 32.9. The number of esters is 4. The Morgan fingerprint density at radius 2 is 1.41 bits per heavy atom. The molecule has 1 saturated heterocycles. The molecular weight excluding hydrogens is 977 g/mol. The minimum Gasteiger partial charge on any atom is -0.456 e. The van der Waals surface area contributed by atoms with Crippen LogP contribution in [0.2, 0.25) is 0 Å². The Morgan fingerprint density at radius 1 is 0.829 bits per heavy atom. The fourth-order valence-electron chi connectivity index (χ4n) is 10.6. The van der Waals surface area contributed by atoms with Gasteiger partial charge in [-0.05, 0) is 54.8 Å². The molecule has 3 aromatic carbocycles. The first kappa shape index (κ1) is 52.3. The summed E-state index contributed by atoms with van der Waals surface area (Å²) in [6, 6.07) is 22.5. The monoisotopic (exact) mass is 1030 g/mol. The van der Waals surface area contributed by atoms with Crippen molar-refractivity contribution in [1.29, 1.82) is 0 Å². The molecule has 0 spiro atoms. The summed E-state index contributed by atoms with van der Waals surface area (Å²) < 4.78 is 39.6. The van der Waals surface area contributed by atoms with Crippen molar-refractivity contribution in [2.75, 3.05) is 13.2 Å². The molecule has 7 rings (SSSR count). The summed E-state index contributed by atoms with van der Waals surface area (Å²) in [6.07, 6.45) is -12.9. The molecule has 70 heavy (non-hydrogen) atoms. The number of hydrogen-bond acceptors (Lipinski definition) is 16. The molecule has 3 fully saturated rings. The van der Waals surface area contributed by atoms with E-state index in [0.29, 0.717) is 5.56 Å². The van der Waals surface area contributed by atoms with Crippen molar-refractivity contribution >= 4 is 76.5 Å². The number of ether oxygens (including phenoxy) is 7. The van der Waals surface area contributed by atoms with Gasteiger partial charge in [-0.3, -0.25) is 19.2 Å². The second-order valence-corrected chi connectivity index (χ2v) is 21.1. The van der Waals surface area contributed by atoms with Crippen LogP contribution in [0.3, 0.4) is 0 Å². The number of nitrogens with one attached hydrogen (secondary N) is 1. The summed E-state index contributed by atoms with van der Waals surface area (Å²) in [6.45, 7) is 6.75. The van der Waals surface area contributed by atoms with Gasteiger partial charge in [-0.25, -0.2) is 14.4 Å². The minimum absolute atomic E-state index is 0.00279. The minimum atomic E-state index is -2.53. The van der Waals surface area contributed by atoms with Gasteiger partial charge in [0.1, 0.15) is 36.6 Å². The van der Waals surface area contributed by atoms with E-state index in [9.17, 15) is 39.0 Å². The summed E-state index contributed by atoms with van der Waals surface area (Å²) in [5.74, 6) is -7.48. The third-order valence-electron chi connectivity index (χ3n) is 14.0. The number of ketones is 1. The summed E-state index contributed by atoms with van der Waals surface area (Å²) in [5, 5.41) is 28.5. The van der Waals surface area contributed by atoms with Crippen LogP contribution in [0.5, 0.6) is 0 Å². The second-order valence-electron chi connectivity index (χ2n) is 18.6. The third kappa shape index (κ3) is 9.76. The van der Waals surface area contributed by atoms with Crippen LogP contribution in [0.1, 0.15) is 86.7 Å². The molecule has 17 nitrogen and oxygen atoms in total. The number of amides is 1. The van der Waals surface area contributed by atoms with Crippen molar-refractivity contribution < 1.29 is 76.9 Å². The van der Waals surface area contributed by atoms with Gasteiger partial charge < -0.3 is 48.7 Å². The molecule has 4 aliphatic rings. The Morgan fingerprint density at radius 3 is 1.96 bits per heavy atom. The number of rotatable bonds is 12. The van der Waals surface area contributed by atoms with Crippen LogP contribution in [0.15, 0.2) is 102 Å². The summed E-state index contributed by atoms with van der Waals surface area (Å²) in [7, 11) is 0. The lowest BCUT2D eigenvalue weighted by atomic mass is 9.44.